The van der Waals surface area contributed by atoms with Crippen molar-refractivity contribution >= 4 is 11.6 Å². The van der Waals surface area contributed by atoms with Crippen LogP contribution in [0.25, 0.3) is 0 Å². The first-order valence-electron chi connectivity index (χ1n) is 7.46. The molecule has 3 rings (SSSR count). The fourth-order valence-corrected chi connectivity index (χ4v) is 3.66. The van der Waals surface area contributed by atoms with Crippen LogP contribution in [-0.4, -0.2) is 6.10 Å². The molecule has 3 heteroatoms. The maximum atomic E-state index is 6.31. The van der Waals surface area contributed by atoms with Crippen LogP contribution in [0.15, 0.2) is 18.2 Å². The smallest absolute Gasteiger partial charge is 0.124 e. The number of ether oxygens (including phenoxy) is 1. The quantitative estimate of drug-likeness (QED) is 0.770. The van der Waals surface area contributed by atoms with E-state index in [1.54, 1.807) is 0 Å². The molecule has 104 valence electrons. The van der Waals surface area contributed by atoms with Crippen LogP contribution in [0.5, 0.6) is 5.75 Å². The number of fused-ring (bicyclic) bond motifs is 1. The Kier molecular flexibility index (Phi) is 3.99. The van der Waals surface area contributed by atoms with E-state index < -0.39 is 0 Å². The molecule has 1 aromatic rings. The predicted molar refractivity (Wildman–Crippen MR) is 78.6 cm³/mol. The highest BCUT2D eigenvalue weighted by Gasteiger charge is 2.32. The van der Waals surface area contributed by atoms with E-state index in [-0.39, 0.29) is 6.04 Å². The molecule has 2 unspecified atom stereocenters. The van der Waals surface area contributed by atoms with Crippen molar-refractivity contribution in [1.29, 1.82) is 0 Å². The zero-order valence-corrected chi connectivity index (χ0v) is 12.0. The van der Waals surface area contributed by atoms with E-state index in [4.69, 9.17) is 22.1 Å². The lowest BCUT2D eigenvalue weighted by Gasteiger charge is -2.35. The molecular formula is C16H22ClNO. The molecular weight excluding hydrogens is 258 g/mol. The topological polar surface area (TPSA) is 35.2 Å². The standard InChI is InChI=1S/C16H22ClNO/c17-12-7-8-15-13(9-12)14(18)10-16(19-15)11-5-3-1-2-4-6-11/h7-9,11,14,16H,1-6,10,18H2. The summed E-state index contributed by atoms with van der Waals surface area (Å²) in [4.78, 5) is 0. The van der Waals surface area contributed by atoms with Crippen LogP contribution in [0, 0.1) is 5.92 Å². The second-order valence-electron chi connectivity index (χ2n) is 5.93. The van der Waals surface area contributed by atoms with Crippen molar-refractivity contribution in [2.45, 2.75) is 57.1 Å². The molecule has 2 aliphatic rings. The molecule has 1 aromatic carbocycles. The fourth-order valence-electron chi connectivity index (χ4n) is 3.48. The molecule has 0 bridgehead atoms. The Hall–Kier alpha value is -0.730. The Morgan fingerprint density at radius 1 is 1.11 bits per heavy atom. The number of benzene rings is 1. The molecule has 1 heterocycles. The molecule has 0 aromatic heterocycles. The Bertz CT molecular complexity index is 440. The van der Waals surface area contributed by atoms with Crippen molar-refractivity contribution < 1.29 is 4.74 Å². The van der Waals surface area contributed by atoms with Crippen LogP contribution in [0.4, 0.5) is 0 Å². The third kappa shape index (κ3) is 2.90. The van der Waals surface area contributed by atoms with E-state index in [9.17, 15) is 0 Å². The lowest BCUT2D eigenvalue weighted by Crippen LogP contribution is -2.35. The van der Waals surface area contributed by atoms with Gasteiger partial charge in [0.25, 0.3) is 0 Å². The van der Waals surface area contributed by atoms with Gasteiger partial charge in [0.2, 0.25) is 0 Å². The van der Waals surface area contributed by atoms with E-state index in [0.717, 1.165) is 22.8 Å². The average Bonchev–Trinajstić information content (AvgIpc) is 2.68. The minimum absolute atomic E-state index is 0.0655. The van der Waals surface area contributed by atoms with E-state index >= 15 is 0 Å². The zero-order chi connectivity index (χ0) is 13.2. The maximum Gasteiger partial charge on any atom is 0.124 e. The van der Waals surface area contributed by atoms with Crippen LogP contribution in [0.2, 0.25) is 5.02 Å². The molecule has 1 fully saturated rings. The molecule has 2 atom stereocenters. The van der Waals surface area contributed by atoms with Crippen LogP contribution < -0.4 is 10.5 Å². The monoisotopic (exact) mass is 279 g/mol. The predicted octanol–water partition coefficient (Wildman–Crippen LogP) is 4.46. The van der Waals surface area contributed by atoms with Crippen LogP contribution in [0.1, 0.15) is 56.6 Å². The van der Waals surface area contributed by atoms with Gasteiger partial charge in [0.15, 0.2) is 0 Å². The summed E-state index contributed by atoms with van der Waals surface area (Å²) >= 11 is 6.04. The molecule has 0 amide bonds. The summed E-state index contributed by atoms with van der Waals surface area (Å²) in [6.07, 6.45) is 9.24. The second-order valence-corrected chi connectivity index (χ2v) is 6.37. The van der Waals surface area contributed by atoms with Gasteiger partial charge in [-0.3, -0.25) is 0 Å². The van der Waals surface area contributed by atoms with Crippen molar-refractivity contribution in [3.8, 4) is 5.75 Å². The van der Waals surface area contributed by atoms with Gasteiger partial charge >= 0.3 is 0 Å². The van der Waals surface area contributed by atoms with Crippen molar-refractivity contribution in [3.05, 3.63) is 28.8 Å². The Balaban J connectivity index is 1.78. The summed E-state index contributed by atoms with van der Waals surface area (Å²) in [5.74, 6) is 1.62. The molecule has 0 spiro atoms. The third-order valence-electron chi connectivity index (χ3n) is 4.56. The van der Waals surface area contributed by atoms with Gasteiger partial charge < -0.3 is 10.5 Å². The van der Waals surface area contributed by atoms with Crippen molar-refractivity contribution in [2.24, 2.45) is 11.7 Å². The number of rotatable bonds is 1. The van der Waals surface area contributed by atoms with Gasteiger partial charge in [-0.05, 0) is 37.0 Å². The SMILES string of the molecule is NC1CC(C2CCCCCC2)Oc2ccc(Cl)cc21. The molecule has 1 aliphatic heterocycles. The molecule has 0 saturated heterocycles. The highest BCUT2D eigenvalue weighted by molar-refractivity contribution is 6.30. The largest absolute Gasteiger partial charge is 0.490 e. The van der Waals surface area contributed by atoms with Crippen molar-refractivity contribution in [1.82, 2.24) is 0 Å². The second kappa shape index (κ2) is 5.72. The van der Waals surface area contributed by atoms with E-state index in [1.807, 2.05) is 18.2 Å². The number of nitrogens with two attached hydrogens (primary N) is 1. The average molecular weight is 280 g/mol. The van der Waals surface area contributed by atoms with Gasteiger partial charge in [-0.25, -0.2) is 0 Å². The normalized spacial score (nSPS) is 28.3. The number of halogens is 1. The Morgan fingerprint density at radius 2 is 1.84 bits per heavy atom. The van der Waals surface area contributed by atoms with Gasteiger partial charge in [0.05, 0.1) is 0 Å². The zero-order valence-electron chi connectivity index (χ0n) is 11.3. The lowest BCUT2D eigenvalue weighted by atomic mass is 9.86. The summed E-state index contributed by atoms with van der Waals surface area (Å²) in [5, 5.41) is 0.741. The van der Waals surface area contributed by atoms with Crippen LogP contribution in [0.3, 0.4) is 0 Å². The summed E-state index contributed by atoms with van der Waals surface area (Å²) in [6, 6.07) is 5.88. The molecule has 2 N–H and O–H groups in total. The molecule has 2 nitrogen and oxygen atoms in total. The third-order valence-corrected chi connectivity index (χ3v) is 4.80. The number of hydrogen-bond donors (Lipinski definition) is 1. The molecule has 1 saturated carbocycles. The van der Waals surface area contributed by atoms with Gasteiger partial charge in [-0.15, -0.1) is 0 Å². The maximum absolute atomic E-state index is 6.31. The van der Waals surface area contributed by atoms with E-state index in [1.165, 1.54) is 38.5 Å². The van der Waals surface area contributed by atoms with Gasteiger partial charge in [-0.2, -0.15) is 0 Å². The van der Waals surface area contributed by atoms with E-state index in [0.29, 0.717) is 12.0 Å². The van der Waals surface area contributed by atoms with Crippen LogP contribution in [-0.2, 0) is 0 Å². The first-order chi connectivity index (χ1) is 9.24. The van der Waals surface area contributed by atoms with E-state index in [2.05, 4.69) is 0 Å². The Labute approximate surface area is 120 Å². The number of hydrogen-bond acceptors (Lipinski definition) is 2. The summed E-state index contributed by atoms with van der Waals surface area (Å²) < 4.78 is 6.21. The van der Waals surface area contributed by atoms with Gasteiger partial charge in [-0.1, -0.05) is 37.3 Å². The minimum atomic E-state index is 0.0655. The lowest BCUT2D eigenvalue weighted by molar-refractivity contribution is 0.0906. The summed E-state index contributed by atoms with van der Waals surface area (Å²) in [6.45, 7) is 0. The molecule has 0 radical (unpaired) electrons. The first-order valence-corrected chi connectivity index (χ1v) is 7.83. The Morgan fingerprint density at radius 3 is 2.58 bits per heavy atom. The highest BCUT2D eigenvalue weighted by Crippen LogP contribution is 2.39. The van der Waals surface area contributed by atoms with Crippen molar-refractivity contribution in [3.63, 3.8) is 0 Å². The summed E-state index contributed by atoms with van der Waals surface area (Å²) in [7, 11) is 0. The molecule has 1 aliphatic carbocycles. The fraction of sp³-hybridized carbons (Fsp3) is 0.625. The molecule has 19 heavy (non-hydrogen) atoms. The van der Waals surface area contributed by atoms with Crippen LogP contribution >= 0.6 is 11.6 Å². The van der Waals surface area contributed by atoms with Gasteiger partial charge in [0.1, 0.15) is 11.9 Å². The van der Waals surface area contributed by atoms with Gasteiger partial charge in [0, 0.05) is 23.0 Å². The van der Waals surface area contributed by atoms with Crippen molar-refractivity contribution in [2.75, 3.05) is 0 Å². The first kappa shape index (κ1) is 13.3. The minimum Gasteiger partial charge on any atom is -0.490 e. The summed E-state index contributed by atoms with van der Waals surface area (Å²) in [5.41, 5.74) is 7.38. The highest BCUT2D eigenvalue weighted by atomic mass is 35.5.